The van der Waals surface area contributed by atoms with Crippen molar-refractivity contribution in [3.63, 3.8) is 0 Å². The Morgan fingerprint density at radius 2 is 1.81 bits per heavy atom. The van der Waals surface area contributed by atoms with Crippen LogP contribution in [0.25, 0.3) is 0 Å². The summed E-state index contributed by atoms with van der Waals surface area (Å²) in [5, 5.41) is 3.02. The fourth-order valence-electron chi connectivity index (χ4n) is 2.08. The van der Waals surface area contributed by atoms with E-state index in [0.29, 0.717) is 18.0 Å². The molecular formula is C17H18Cl2N2O4S. The first kappa shape index (κ1) is 20.5. The fourth-order valence-corrected chi connectivity index (χ4v) is 3.63. The van der Waals surface area contributed by atoms with Gasteiger partial charge in [0.15, 0.2) is 0 Å². The molecule has 0 aromatic heterocycles. The minimum Gasteiger partial charge on any atom is -0.494 e. The number of ether oxygens (including phenoxy) is 1. The van der Waals surface area contributed by atoms with Crippen LogP contribution in [-0.2, 0) is 14.8 Å². The van der Waals surface area contributed by atoms with Gasteiger partial charge in [-0.2, -0.15) is 4.72 Å². The molecule has 9 heteroatoms. The number of rotatable bonds is 7. The molecule has 0 heterocycles. The number of hydrogen-bond donors (Lipinski definition) is 2. The van der Waals surface area contributed by atoms with Gasteiger partial charge < -0.3 is 10.1 Å². The number of carbonyl (C=O) groups excluding carboxylic acids is 1. The van der Waals surface area contributed by atoms with E-state index >= 15 is 0 Å². The zero-order chi connectivity index (χ0) is 19.3. The largest absolute Gasteiger partial charge is 0.494 e. The number of nitrogens with one attached hydrogen (secondary N) is 2. The van der Waals surface area contributed by atoms with Crippen molar-refractivity contribution in [1.29, 1.82) is 0 Å². The fraction of sp³-hybridized carbons (Fsp3) is 0.235. The molecule has 2 aromatic rings. The van der Waals surface area contributed by atoms with Crippen LogP contribution in [0.4, 0.5) is 5.69 Å². The van der Waals surface area contributed by atoms with Crippen molar-refractivity contribution in [2.45, 2.75) is 24.8 Å². The number of anilines is 1. The van der Waals surface area contributed by atoms with E-state index in [1.54, 1.807) is 30.3 Å². The minimum atomic E-state index is -3.87. The molecule has 0 aliphatic rings. The topological polar surface area (TPSA) is 84.5 Å². The Hall–Kier alpha value is -1.80. The molecule has 0 fully saturated rings. The van der Waals surface area contributed by atoms with E-state index in [2.05, 4.69) is 10.0 Å². The maximum atomic E-state index is 12.4. The zero-order valence-corrected chi connectivity index (χ0v) is 16.5. The van der Waals surface area contributed by atoms with E-state index in [1.807, 2.05) is 6.92 Å². The monoisotopic (exact) mass is 416 g/mol. The Morgan fingerprint density at radius 3 is 2.42 bits per heavy atom. The summed E-state index contributed by atoms with van der Waals surface area (Å²) in [5.41, 5.74) is 0.302. The smallest absolute Gasteiger partial charge is 0.242 e. The second-order valence-electron chi connectivity index (χ2n) is 5.34. The van der Waals surface area contributed by atoms with Crippen LogP contribution in [0.1, 0.15) is 13.8 Å². The molecule has 0 spiro atoms. The molecule has 0 saturated carbocycles. The van der Waals surface area contributed by atoms with Gasteiger partial charge in [0.05, 0.1) is 33.3 Å². The second-order valence-corrected chi connectivity index (χ2v) is 7.84. The van der Waals surface area contributed by atoms with Crippen molar-refractivity contribution in [2.24, 2.45) is 0 Å². The van der Waals surface area contributed by atoms with Crippen molar-refractivity contribution in [3.05, 3.63) is 52.5 Å². The lowest BCUT2D eigenvalue weighted by Crippen LogP contribution is -2.41. The van der Waals surface area contributed by atoms with Gasteiger partial charge in [-0.25, -0.2) is 8.42 Å². The average Bonchev–Trinajstić information content (AvgIpc) is 2.59. The lowest BCUT2D eigenvalue weighted by Gasteiger charge is -2.15. The number of benzene rings is 2. The zero-order valence-electron chi connectivity index (χ0n) is 14.1. The first-order valence-corrected chi connectivity index (χ1v) is 9.98. The number of hydrogen-bond acceptors (Lipinski definition) is 4. The molecule has 2 N–H and O–H groups in total. The van der Waals surface area contributed by atoms with Crippen LogP contribution in [0.5, 0.6) is 5.75 Å². The Bertz CT molecular complexity index is 886. The molecule has 1 amide bonds. The Labute approximate surface area is 162 Å². The van der Waals surface area contributed by atoms with Crippen LogP contribution in [0.2, 0.25) is 10.0 Å². The summed E-state index contributed by atoms with van der Waals surface area (Å²) in [7, 11) is -3.87. The van der Waals surface area contributed by atoms with Gasteiger partial charge in [0.25, 0.3) is 0 Å². The predicted octanol–water partition coefficient (Wildman–Crippen LogP) is 3.70. The van der Waals surface area contributed by atoms with E-state index in [0.717, 1.165) is 0 Å². The van der Waals surface area contributed by atoms with Gasteiger partial charge in [-0.15, -0.1) is 0 Å². The second kappa shape index (κ2) is 8.73. The summed E-state index contributed by atoms with van der Waals surface area (Å²) in [6, 6.07) is 9.66. The molecular weight excluding hydrogens is 399 g/mol. The van der Waals surface area contributed by atoms with Gasteiger partial charge in [0, 0.05) is 0 Å². The normalized spacial score (nSPS) is 12.5. The molecule has 2 aromatic carbocycles. The van der Waals surface area contributed by atoms with Gasteiger partial charge in [-0.1, -0.05) is 29.3 Å². The van der Waals surface area contributed by atoms with E-state index in [-0.39, 0.29) is 14.9 Å². The SMILES string of the molecule is CCOc1ccc(S(=O)(=O)N[C@@H](C)C(=O)Nc2cccc(Cl)c2Cl)cc1. The van der Waals surface area contributed by atoms with Gasteiger partial charge >= 0.3 is 0 Å². The van der Waals surface area contributed by atoms with Crippen LogP contribution < -0.4 is 14.8 Å². The highest BCUT2D eigenvalue weighted by molar-refractivity contribution is 7.89. The lowest BCUT2D eigenvalue weighted by atomic mass is 10.3. The van der Waals surface area contributed by atoms with E-state index in [1.165, 1.54) is 19.1 Å². The lowest BCUT2D eigenvalue weighted by molar-refractivity contribution is -0.117. The molecule has 6 nitrogen and oxygen atoms in total. The molecule has 0 aliphatic heterocycles. The number of sulfonamides is 1. The highest BCUT2D eigenvalue weighted by atomic mass is 35.5. The third-order valence-electron chi connectivity index (χ3n) is 3.38. The first-order chi connectivity index (χ1) is 12.2. The van der Waals surface area contributed by atoms with E-state index in [9.17, 15) is 13.2 Å². The van der Waals surface area contributed by atoms with Crippen molar-refractivity contribution in [1.82, 2.24) is 4.72 Å². The van der Waals surface area contributed by atoms with Crippen LogP contribution in [0, 0.1) is 0 Å². The number of halogens is 2. The van der Waals surface area contributed by atoms with E-state index < -0.39 is 22.0 Å². The summed E-state index contributed by atoms with van der Waals surface area (Å²) >= 11 is 11.9. The van der Waals surface area contributed by atoms with Gasteiger partial charge in [0.2, 0.25) is 15.9 Å². The van der Waals surface area contributed by atoms with Crippen molar-refractivity contribution >= 4 is 44.8 Å². The molecule has 0 unspecified atom stereocenters. The van der Waals surface area contributed by atoms with E-state index in [4.69, 9.17) is 27.9 Å². The Balaban J connectivity index is 2.08. The molecule has 140 valence electrons. The van der Waals surface area contributed by atoms with Gasteiger partial charge in [-0.3, -0.25) is 4.79 Å². The summed E-state index contributed by atoms with van der Waals surface area (Å²) < 4.78 is 32.4. The molecule has 2 rings (SSSR count). The summed E-state index contributed by atoms with van der Waals surface area (Å²) in [6.07, 6.45) is 0. The van der Waals surface area contributed by atoms with Crippen LogP contribution in [0.3, 0.4) is 0 Å². The first-order valence-electron chi connectivity index (χ1n) is 7.74. The third kappa shape index (κ3) is 5.11. The molecule has 0 bridgehead atoms. The van der Waals surface area contributed by atoms with Crippen LogP contribution >= 0.6 is 23.2 Å². The molecule has 0 radical (unpaired) electrons. The standard InChI is InChI=1S/C17H18Cl2N2O4S/c1-3-25-12-7-9-13(10-8-12)26(23,24)21-11(2)17(22)20-15-6-4-5-14(18)16(15)19/h4-11,21H,3H2,1-2H3,(H,20,22)/t11-/m0/s1. The molecule has 0 saturated heterocycles. The molecule has 1 atom stereocenters. The number of carbonyl (C=O) groups is 1. The maximum Gasteiger partial charge on any atom is 0.242 e. The van der Waals surface area contributed by atoms with Gasteiger partial charge in [0.1, 0.15) is 5.75 Å². The summed E-state index contributed by atoms with van der Waals surface area (Å²) in [6.45, 7) is 3.74. The molecule has 0 aliphatic carbocycles. The Kier molecular flexibility index (Phi) is 6.88. The predicted molar refractivity (Wildman–Crippen MR) is 102 cm³/mol. The van der Waals surface area contributed by atoms with Crippen molar-refractivity contribution in [2.75, 3.05) is 11.9 Å². The number of amides is 1. The highest BCUT2D eigenvalue weighted by Gasteiger charge is 2.22. The quantitative estimate of drug-likeness (QED) is 0.720. The minimum absolute atomic E-state index is 0.0291. The highest BCUT2D eigenvalue weighted by Crippen LogP contribution is 2.29. The van der Waals surface area contributed by atoms with Gasteiger partial charge in [-0.05, 0) is 50.2 Å². The van der Waals surface area contributed by atoms with Crippen LogP contribution in [-0.4, -0.2) is 27.0 Å². The van der Waals surface area contributed by atoms with Crippen LogP contribution in [0.15, 0.2) is 47.4 Å². The van der Waals surface area contributed by atoms with Crippen molar-refractivity contribution < 1.29 is 17.9 Å². The third-order valence-corrected chi connectivity index (χ3v) is 5.76. The summed E-state index contributed by atoms with van der Waals surface area (Å²) in [4.78, 5) is 12.3. The summed E-state index contributed by atoms with van der Waals surface area (Å²) in [5.74, 6) is -0.00322. The Morgan fingerprint density at radius 1 is 1.15 bits per heavy atom. The van der Waals surface area contributed by atoms with Crippen molar-refractivity contribution in [3.8, 4) is 5.75 Å². The molecule has 26 heavy (non-hydrogen) atoms. The maximum absolute atomic E-state index is 12.4. The average molecular weight is 417 g/mol.